The predicted octanol–water partition coefficient (Wildman–Crippen LogP) is 4.10. The number of rotatable bonds is 1. The zero-order valence-corrected chi connectivity index (χ0v) is 13.4. The Morgan fingerprint density at radius 3 is 2.68 bits per heavy atom. The fourth-order valence-electron chi connectivity index (χ4n) is 2.86. The molecule has 0 saturated carbocycles. The number of para-hydroxylation sites is 1. The normalized spacial score (nSPS) is 15.4. The minimum absolute atomic E-state index is 0.0554. The van der Waals surface area contributed by atoms with Crippen LogP contribution in [0, 0.1) is 0 Å². The van der Waals surface area contributed by atoms with Crippen molar-refractivity contribution in [2.24, 2.45) is 0 Å². The van der Waals surface area contributed by atoms with Gasteiger partial charge in [0.1, 0.15) is 5.82 Å². The molecule has 4 heteroatoms. The van der Waals surface area contributed by atoms with Gasteiger partial charge in [0.25, 0.3) is 5.56 Å². The highest BCUT2D eigenvalue weighted by molar-refractivity contribution is 9.10. The van der Waals surface area contributed by atoms with Crippen LogP contribution in [0.5, 0.6) is 0 Å². The average molecular weight is 353 g/mol. The number of halogens is 1. The van der Waals surface area contributed by atoms with Gasteiger partial charge in [-0.25, -0.2) is 4.98 Å². The van der Waals surface area contributed by atoms with Crippen LogP contribution in [-0.4, -0.2) is 9.55 Å². The summed E-state index contributed by atoms with van der Waals surface area (Å²) < 4.78 is 2.84. The fraction of sp³-hybridized carbons (Fsp3) is 0.111. The van der Waals surface area contributed by atoms with Gasteiger partial charge in [-0.05, 0) is 47.9 Å². The molecule has 0 spiro atoms. The van der Waals surface area contributed by atoms with Gasteiger partial charge < -0.3 is 0 Å². The maximum absolute atomic E-state index is 12.6. The molecule has 1 aromatic heterocycles. The summed E-state index contributed by atoms with van der Waals surface area (Å²) in [4.78, 5) is 17.2. The van der Waals surface area contributed by atoms with Gasteiger partial charge in [0.2, 0.25) is 0 Å². The summed E-state index contributed by atoms with van der Waals surface area (Å²) >= 11 is 3.44. The van der Waals surface area contributed by atoms with Gasteiger partial charge in [-0.3, -0.25) is 9.36 Å². The molecule has 1 aliphatic heterocycles. The molecule has 2 aromatic carbocycles. The van der Waals surface area contributed by atoms with Gasteiger partial charge in [0.05, 0.1) is 10.9 Å². The first-order valence-corrected chi connectivity index (χ1v) is 7.98. The monoisotopic (exact) mass is 352 g/mol. The lowest BCUT2D eigenvalue weighted by molar-refractivity contribution is 0.725. The molecule has 108 valence electrons. The number of benzene rings is 2. The molecule has 0 unspecified atom stereocenters. The van der Waals surface area contributed by atoms with Crippen LogP contribution in [0.25, 0.3) is 22.6 Å². The Bertz CT molecular complexity index is 955. The first-order valence-electron chi connectivity index (χ1n) is 7.18. The highest BCUT2D eigenvalue weighted by Gasteiger charge is 2.20. The summed E-state index contributed by atoms with van der Waals surface area (Å²) in [5.74, 6) is 0.798. The minimum atomic E-state index is 0.0554. The van der Waals surface area contributed by atoms with Crippen molar-refractivity contribution in [1.29, 1.82) is 0 Å². The molecule has 3 aromatic rings. The van der Waals surface area contributed by atoms with Crippen LogP contribution >= 0.6 is 15.9 Å². The van der Waals surface area contributed by atoms with E-state index in [1.165, 1.54) is 0 Å². The van der Waals surface area contributed by atoms with E-state index in [2.05, 4.69) is 34.1 Å². The SMILES string of the molecule is O=c1c2ccccc2nc2n1CC/C2=C/c1ccc(Br)cc1. The zero-order valence-electron chi connectivity index (χ0n) is 11.8. The standard InChI is InChI=1S/C18H13BrN2O/c19-14-7-5-12(6-8-14)11-13-9-10-21-17(13)20-16-4-2-1-3-15(16)18(21)22/h1-8,11H,9-10H2/b13-11-. The van der Waals surface area contributed by atoms with Crippen LogP contribution in [0.2, 0.25) is 0 Å². The summed E-state index contributed by atoms with van der Waals surface area (Å²) in [5, 5.41) is 0.691. The van der Waals surface area contributed by atoms with Crippen LogP contribution in [0.15, 0.2) is 57.8 Å². The van der Waals surface area contributed by atoms with E-state index in [0.717, 1.165) is 33.4 Å². The molecule has 0 N–H and O–H groups in total. The molecular formula is C18H13BrN2O. The van der Waals surface area contributed by atoms with Crippen molar-refractivity contribution in [2.45, 2.75) is 13.0 Å². The van der Waals surface area contributed by atoms with Gasteiger partial charge in [-0.2, -0.15) is 0 Å². The van der Waals surface area contributed by atoms with Crippen molar-refractivity contribution < 1.29 is 0 Å². The predicted molar refractivity (Wildman–Crippen MR) is 92.6 cm³/mol. The lowest BCUT2D eigenvalue weighted by Gasteiger charge is -2.05. The van der Waals surface area contributed by atoms with Crippen molar-refractivity contribution in [3.05, 3.63) is 74.7 Å². The molecule has 2 heterocycles. The molecule has 1 aliphatic rings. The van der Waals surface area contributed by atoms with Crippen molar-refractivity contribution in [3.8, 4) is 0 Å². The van der Waals surface area contributed by atoms with Crippen LogP contribution in [0.3, 0.4) is 0 Å². The van der Waals surface area contributed by atoms with E-state index < -0.39 is 0 Å². The highest BCUT2D eigenvalue weighted by atomic mass is 79.9. The lowest BCUT2D eigenvalue weighted by Crippen LogP contribution is -2.20. The Morgan fingerprint density at radius 1 is 1.09 bits per heavy atom. The van der Waals surface area contributed by atoms with Crippen LogP contribution < -0.4 is 5.56 Å². The molecule has 0 saturated heterocycles. The van der Waals surface area contributed by atoms with Crippen molar-refractivity contribution in [1.82, 2.24) is 9.55 Å². The Hall–Kier alpha value is -2.20. The first-order chi connectivity index (χ1) is 10.7. The molecule has 3 nitrogen and oxygen atoms in total. The van der Waals surface area contributed by atoms with Gasteiger partial charge in [0.15, 0.2) is 0 Å². The first kappa shape index (κ1) is 13.5. The van der Waals surface area contributed by atoms with Crippen molar-refractivity contribution in [3.63, 3.8) is 0 Å². The topological polar surface area (TPSA) is 34.9 Å². The van der Waals surface area contributed by atoms with E-state index in [4.69, 9.17) is 4.98 Å². The van der Waals surface area contributed by atoms with Gasteiger partial charge in [-0.15, -0.1) is 0 Å². The Labute approximate surface area is 136 Å². The molecule has 0 fully saturated rings. The van der Waals surface area contributed by atoms with Crippen LogP contribution in [0.1, 0.15) is 17.8 Å². The fourth-order valence-corrected chi connectivity index (χ4v) is 3.13. The summed E-state index contributed by atoms with van der Waals surface area (Å²) in [7, 11) is 0. The number of hydrogen-bond acceptors (Lipinski definition) is 2. The van der Waals surface area contributed by atoms with Crippen molar-refractivity contribution >= 4 is 38.5 Å². The summed E-state index contributed by atoms with van der Waals surface area (Å²) in [6, 6.07) is 15.7. The smallest absolute Gasteiger partial charge is 0.261 e. The molecule has 22 heavy (non-hydrogen) atoms. The highest BCUT2D eigenvalue weighted by Crippen LogP contribution is 2.27. The Morgan fingerprint density at radius 2 is 1.86 bits per heavy atom. The minimum Gasteiger partial charge on any atom is -0.292 e. The van der Waals surface area contributed by atoms with E-state index >= 15 is 0 Å². The molecule has 0 amide bonds. The van der Waals surface area contributed by atoms with E-state index in [0.29, 0.717) is 11.9 Å². The average Bonchev–Trinajstić information content (AvgIpc) is 2.93. The maximum atomic E-state index is 12.6. The van der Waals surface area contributed by atoms with Crippen LogP contribution in [-0.2, 0) is 6.54 Å². The molecule has 0 bridgehead atoms. The largest absolute Gasteiger partial charge is 0.292 e. The van der Waals surface area contributed by atoms with E-state index in [-0.39, 0.29) is 5.56 Å². The third-order valence-electron chi connectivity index (χ3n) is 3.96. The number of fused-ring (bicyclic) bond motifs is 2. The van der Waals surface area contributed by atoms with Crippen molar-refractivity contribution in [2.75, 3.05) is 0 Å². The lowest BCUT2D eigenvalue weighted by atomic mass is 10.1. The second-order valence-electron chi connectivity index (χ2n) is 5.38. The quantitative estimate of drug-likeness (QED) is 0.660. The molecular weight excluding hydrogens is 340 g/mol. The van der Waals surface area contributed by atoms with Gasteiger partial charge >= 0.3 is 0 Å². The van der Waals surface area contributed by atoms with E-state index in [1.54, 1.807) is 4.57 Å². The van der Waals surface area contributed by atoms with Gasteiger partial charge in [-0.1, -0.05) is 40.2 Å². The molecule has 0 atom stereocenters. The maximum Gasteiger partial charge on any atom is 0.261 e. The van der Waals surface area contributed by atoms with Gasteiger partial charge in [0, 0.05) is 11.0 Å². The van der Waals surface area contributed by atoms with Crippen LogP contribution in [0.4, 0.5) is 0 Å². The molecule has 0 radical (unpaired) electrons. The third-order valence-corrected chi connectivity index (χ3v) is 4.49. The second kappa shape index (κ2) is 5.21. The Balaban J connectivity index is 1.88. The third kappa shape index (κ3) is 2.20. The molecule has 4 rings (SSSR count). The second-order valence-corrected chi connectivity index (χ2v) is 6.30. The number of hydrogen-bond donors (Lipinski definition) is 0. The number of allylic oxidation sites excluding steroid dienone is 1. The summed E-state index contributed by atoms with van der Waals surface area (Å²) in [6.45, 7) is 0.703. The number of aromatic nitrogens is 2. The Kier molecular flexibility index (Phi) is 3.19. The summed E-state index contributed by atoms with van der Waals surface area (Å²) in [5.41, 5.74) is 3.06. The zero-order chi connectivity index (χ0) is 15.1. The van der Waals surface area contributed by atoms with E-state index in [9.17, 15) is 4.79 Å². The molecule has 0 aliphatic carbocycles. The number of nitrogens with zero attached hydrogens (tertiary/aromatic N) is 2. The summed E-state index contributed by atoms with van der Waals surface area (Å²) in [6.07, 6.45) is 2.96. The van der Waals surface area contributed by atoms with E-state index in [1.807, 2.05) is 36.4 Å².